The highest BCUT2D eigenvalue weighted by Gasteiger charge is 2.15. The van der Waals surface area contributed by atoms with Gasteiger partial charge < -0.3 is 0 Å². The first-order valence-electron chi connectivity index (χ1n) is 11.4. The molecule has 0 heteroatoms. The molecule has 0 heterocycles. The molecule has 156 valence electrons. The van der Waals surface area contributed by atoms with Gasteiger partial charge in [0.05, 0.1) is 0 Å². The Labute approximate surface area is 187 Å². The molecule has 0 fully saturated rings. The number of benzene rings is 2. The third kappa shape index (κ3) is 5.73. The first-order valence-corrected chi connectivity index (χ1v) is 11.4. The van der Waals surface area contributed by atoms with Gasteiger partial charge in [-0.1, -0.05) is 108 Å². The van der Waals surface area contributed by atoms with Crippen molar-refractivity contribution >= 4 is 5.57 Å². The minimum Gasteiger partial charge on any atom is -0.0842 e. The molecular formula is C31H32. The molecule has 0 unspecified atom stereocenters. The van der Waals surface area contributed by atoms with Crippen LogP contribution in [-0.2, 0) is 6.42 Å². The SMILES string of the molecule is CC(C)=C(/C=C1\CC=C(c2ccccc2)C=C1Cc1ccccc1)CC1=CC=CCC1. The van der Waals surface area contributed by atoms with E-state index in [1.807, 2.05) is 0 Å². The second kappa shape index (κ2) is 10.3. The van der Waals surface area contributed by atoms with E-state index >= 15 is 0 Å². The van der Waals surface area contributed by atoms with E-state index in [0.717, 1.165) is 19.3 Å². The van der Waals surface area contributed by atoms with Crippen LogP contribution in [0.5, 0.6) is 0 Å². The molecule has 0 aliphatic heterocycles. The number of rotatable bonds is 6. The molecule has 0 bridgehead atoms. The number of hydrogen-bond donors (Lipinski definition) is 0. The zero-order valence-corrected chi connectivity index (χ0v) is 18.8. The zero-order chi connectivity index (χ0) is 21.5. The fourth-order valence-corrected chi connectivity index (χ4v) is 4.28. The van der Waals surface area contributed by atoms with Gasteiger partial charge in [0.1, 0.15) is 0 Å². The molecule has 0 N–H and O–H groups in total. The predicted molar refractivity (Wildman–Crippen MR) is 135 cm³/mol. The highest BCUT2D eigenvalue weighted by atomic mass is 14.2. The monoisotopic (exact) mass is 404 g/mol. The molecule has 2 aromatic rings. The van der Waals surface area contributed by atoms with E-state index < -0.39 is 0 Å². The van der Waals surface area contributed by atoms with Crippen molar-refractivity contribution < 1.29 is 0 Å². The minimum atomic E-state index is 0.971. The number of allylic oxidation sites excluding steroid dienone is 12. The summed E-state index contributed by atoms with van der Waals surface area (Å²) < 4.78 is 0. The lowest BCUT2D eigenvalue weighted by atomic mass is 9.85. The molecule has 0 saturated heterocycles. The van der Waals surface area contributed by atoms with Crippen molar-refractivity contribution in [3.05, 3.63) is 136 Å². The van der Waals surface area contributed by atoms with Gasteiger partial charge in [0, 0.05) is 0 Å². The van der Waals surface area contributed by atoms with Crippen LogP contribution in [0.4, 0.5) is 0 Å². The summed E-state index contributed by atoms with van der Waals surface area (Å²) >= 11 is 0. The normalized spacial score (nSPS) is 17.1. The third-order valence-corrected chi connectivity index (χ3v) is 6.14. The Hall–Kier alpha value is -3.12. The van der Waals surface area contributed by atoms with Gasteiger partial charge in [0.25, 0.3) is 0 Å². The molecule has 0 spiro atoms. The first kappa shape index (κ1) is 21.1. The van der Waals surface area contributed by atoms with Crippen LogP contribution in [0.15, 0.2) is 125 Å². The molecule has 31 heavy (non-hydrogen) atoms. The van der Waals surface area contributed by atoms with Crippen molar-refractivity contribution in [2.75, 3.05) is 0 Å². The Morgan fingerprint density at radius 3 is 2.35 bits per heavy atom. The maximum absolute atomic E-state index is 2.47. The Balaban J connectivity index is 1.67. The van der Waals surface area contributed by atoms with Gasteiger partial charge in [-0.05, 0) is 79.4 Å². The molecule has 0 saturated carbocycles. The fourth-order valence-electron chi connectivity index (χ4n) is 4.28. The van der Waals surface area contributed by atoms with Gasteiger partial charge in [-0.2, -0.15) is 0 Å². The van der Waals surface area contributed by atoms with Crippen LogP contribution in [0.3, 0.4) is 0 Å². The topological polar surface area (TPSA) is 0 Å². The summed E-state index contributed by atoms with van der Waals surface area (Å²) in [6.07, 6.45) is 19.4. The van der Waals surface area contributed by atoms with E-state index in [1.165, 1.54) is 51.8 Å². The van der Waals surface area contributed by atoms with Crippen LogP contribution in [-0.4, -0.2) is 0 Å². The van der Waals surface area contributed by atoms with Gasteiger partial charge in [-0.15, -0.1) is 0 Å². The summed E-state index contributed by atoms with van der Waals surface area (Å²) in [5, 5.41) is 0. The maximum Gasteiger partial charge on any atom is -0.00227 e. The summed E-state index contributed by atoms with van der Waals surface area (Å²) in [7, 11) is 0. The third-order valence-electron chi connectivity index (χ3n) is 6.14. The average molecular weight is 405 g/mol. The summed E-state index contributed by atoms with van der Waals surface area (Å²) in [5.74, 6) is 0. The Bertz CT molecular complexity index is 1080. The Morgan fingerprint density at radius 2 is 1.68 bits per heavy atom. The smallest absolute Gasteiger partial charge is 0.00227 e. The largest absolute Gasteiger partial charge is 0.0842 e. The molecule has 4 rings (SSSR count). The van der Waals surface area contributed by atoms with E-state index in [1.54, 1.807) is 5.57 Å². The van der Waals surface area contributed by atoms with Crippen LogP contribution < -0.4 is 0 Å². The lowest BCUT2D eigenvalue weighted by Gasteiger charge is -2.20. The molecule has 0 atom stereocenters. The van der Waals surface area contributed by atoms with E-state index in [9.17, 15) is 0 Å². The maximum atomic E-state index is 2.47. The van der Waals surface area contributed by atoms with E-state index in [4.69, 9.17) is 0 Å². The van der Waals surface area contributed by atoms with Crippen molar-refractivity contribution in [1.82, 2.24) is 0 Å². The summed E-state index contributed by atoms with van der Waals surface area (Å²) in [5.41, 5.74) is 11.3. The van der Waals surface area contributed by atoms with E-state index in [0.29, 0.717) is 0 Å². The van der Waals surface area contributed by atoms with E-state index in [2.05, 4.69) is 111 Å². The quantitative estimate of drug-likeness (QED) is 0.452. The van der Waals surface area contributed by atoms with Crippen molar-refractivity contribution in [3.63, 3.8) is 0 Å². The standard InChI is InChI=1S/C31H32/c1-24(2)30(20-25-12-6-3-7-13-25)22-29-19-18-28(27-16-10-5-11-17-27)23-31(29)21-26-14-8-4-9-15-26/h3-6,8-12,14-18,22-23H,7,13,19-21H2,1-2H3/b29-22+. The molecule has 2 aliphatic carbocycles. The summed E-state index contributed by atoms with van der Waals surface area (Å²) in [6, 6.07) is 21.6. The van der Waals surface area contributed by atoms with Gasteiger partial charge in [0.2, 0.25) is 0 Å². The van der Waals surface area contributed by atoms with Crippen molar-refractivity contribution in [1.29, 1.82) is 0 Å². The second-order valence-corrected chi connectivity index (χ2v) is 8.72. The van der Waals surface area contributed by atoms with Gasteiger partial charge >= 0.3 is 0 Å². The first-order chi connectivity index (χ1) is 15.2. The number of hydrogen-bond acceptors (Lipinski definition) is 0. The van der Waals surface area contributed by atoms with Crippen LogP contribution in [0.25, 0.3) is 5.57 Å². The average Bonchev–Trinajstić information content (AvgIpc) is 2.81. The van der Waals surface area contributed by atoms with Crippen LogP contribution in [0, 0.1) is 0 Å². The van der Waals surface area contributed by atoms with Crippen molar-refractivity contribution in [3.8, 4) is 0 Å². The van der Waals surface area contributed by atoms with Crippen LogP contribution in [0.1, 0.15) is 50.7 Å². The molecule has 0 amide bonds. The van der Waals surface area contributed by atoms with Gasteiger partial charge in [-0.3, -0.25) is 0 Å². The Kier molecular flexibility index (Phi) is 6.99. The highest BCUT2D eigenvalue weighted by Crippen LogP contribution is 2.33. The lowest BCUT2D eigenvalue weighted by molar-refractivity contribution is 0.905. The van der Waals surface area contributed by atoms with Crippen LogP contribution >= 0.6 is 0 Å². The highest BCUT2D eigenvalue weighted by molar-refractivity contribution is 5.78. The molecule has 2 aliphatic rings. The molecule has 2 aromatic carbocycles. The van der Waals surface area contributed by atoms with Gasteiger partial charge in [0.15, 0.2) is 0 Å². The predicted octanol–water partition coefficient (Wildman–Crippen LogP) is 8.57. The van der Waals surface area contributed by atoms with Crippen molar-refractivity contribution in [2.24, 2.45) is 0 Å². The summed E-state index contributed by atoms with van der Waals surface area (Å²) in [6.45, 7) is 4.50. The van der Waals surface area contributed by atoms with E-state index in [-0.39, 0.29) is 0 Å². The second-order valence-electron chi connectivity index (χ2n) is 8.72. The lowest BCUT2D eigenvalue weighted by Crippen LogP contribution is -2.02. The molecule has 0 radical (unpaired) electrons. The van der Waals surface area contributed by atoms with Crippen LogP contribution in [0.2, 0.25) is 0 Å². The molecule has 0 nitrogen and oxygen atoms in total. The fraction of sp³-hybridized carbons (Fsp3) is 0.226. The molecular weight excluding hydrogens is 372 g/mol. The minimum absolute atomic E-state index is 0.971. The van der Waals surface area contributed by atoms with Gasteiger partial charge in [-0.25, -0.2) is 0 Å². The summed E-state index contributed by atoms with van der Waals surface area (Å²) in [4.78, 5) is 0. The van der Waals surface area contributed by atoms with Crippen molar-refractivity contribution in [2.45, 2.75) is 46.0 Å². The zero-order valence-electron chi connectivity index (χ0n) is 18.8. The molecule has 0 aromatic heterocycles. The Morgan fingerprint density at radius 1 is 0.935 bits per heavy atom.